The lowest BCUT2D eigenvalue weighted by Gasteiger charge is -2.29. The molecule has 0 aromatic carbocycles. The number of hydrogen-bond acceptors (Lipinski definition) is 4. The van der Waals surface area contributed by atoms with Crippen molar-refractivity contribution >= 4 is 17.2 Å². The molecule has 3 rings (SSSR count). The van der Waals surface area contributed by atoms with Crippen LogP contribution in [0, 0.1) is 5.92 Å². The van der Waals surface area contributed by atoms with Gasteiger partial charge in [0.15, 0.2) is 0 Å². The van der Waals surface area contributed by atoms with Gasteiger partial charge in [0.05, 0.1) is 12.1 Å². The second kappa shape index (κ2) is 8.40. The highest BCUT2D eigenvalue weighted by Crippen LogP contribution is 2.27. The quantitative estimate of drug-likeness (QED) is 0.868. The normalized spacial score (nSPS) is 22.0. The van der Waals surface area contributed by atoms with Crippen molar-refractivity contribution in [3.05, 3.63) is 52.5 Å². The van der Waals surface area contributed by atoms with Gasteiger partial charge < -0.3 is 10.1 Å². The summed E-state index contributed by atoms with van der Waals surface area (Å²) in [7, 11) is 1.74. The van der Waals surface area contributed by atoms with Gasteiger partial charge in [-0.05, 0) is 59.7 Å². The van der Waals surface area contributed by atoms with E-state index < -0.39 is 0 Å². The third-order valence-corrected chi connectivity index (χ3v) is 5.49. The van der Waals surface area contributed by atoms with Crippen LogP contribution in [0.15, 0.2) is 41.4 Å². The number of nitrogens with zero attached hydrogens (tertiary/aromatic N) is 1. The summed E-state index contributed by atoms with van der Waals surface area (Å²) in [5.74, 6) is 0.186. The summed E-state index contributed by atoms with van der Waals surface area (Å²) in [6.07, 6.45) is 8.49. The number of thiophene rings is 1. The molecule has 5 heteroatoms. The number of carbonyl (C=O) groups is 1. The Morgan fingerprint density at radius 3 is 3.08 bits per heavy atom. The topological polar surface area (TPSA) is 51.2 Å². The van der Waals surface area contributed by atoms with Gasteiger partial charge in [-0.1, -0.05) is 12.5 Å². The molecule has 1 N–H and O–H groups in total. The third-order valence-electron chi connectivity index (χ3n) is 4.75. The predicted molar refractivity (Wildman–Crippen MR) is 95.9 cm³/mol. The smallest absolute Gasteiger partial charge is 0.223 e. The lowest BCUT2D eigenvalue weighted by Crippen LogP contribution is -2.38. The molecule has 2 aromatic heterocycles. The number of amides is 1. The lowest BCUT2D eigenvalue weighted by molar-refractivity contribution is -0.128. The van der Waals surface area contributed by atoms with Crippen LogP contribution < -0.4 is 5.32 Å². The number of carbonyl (C=O) groups excluding carboxylic acids is 1. The molecule has 3 atom stereocenters. The Bertz CT molecular complexity index is 630. The molecular formula is C19H24N2O2S. The van der Waals surface area contributed by atoms with Crippen LogP contribution in [-0.2, 0) is 16.0 Å². The van der Waals surface area contributed by atoms with Gasteiger partial charge in [0.2, 0.25) is 5.91 Å². The summed E-state index contributed by atoms with van der Waals surface area (Å²) < 4.78 is 5.46. The fourth-order valence-corrected chi connectivity index (χ4v) is 4.05. The maximum atomic E-state index is 12.8. The van der Waals surface area contributed by atoms with E-state index in [0.29, 0.717) is 0 Å². The number of nitrogens with one attached hydrogen (secondary N) is 1. The lowest BCUT2D eigenvalue weighted by atomic mass is 9.86. The second-order valence-corrected chi connectivity index (χ2v) is 7.18. The van der Waals surface area contributed by atoms with Crippen molar-refractivity contribution in [2.24, 2.45) is 5.92 Å². The highest BCUT2D eigenvalue weighted by atomic mass is 32.1. The summed E-state index contributed by atoms with van der Waals surface area (Å²) in [6.45, 7) is 0. The zero-order chi connectivity index (χ0) is 16.8. The molecule has 1 aliphatic rings. The van der Waals surface area contributed by atoms with Crippen LogP contribution in [0.1, 0.15) is 42.9 Å². The van der Waals surface area contributed by atoms with Gasteiger partial charge in [-0.25, -0.2) is 0 Å². The van der Waals surface area contributed by atoms with Crippen molar-refractivity contribution in [3.63, 3.8) is 0 Å². The van der Waals surface area contributed by atoms with Gasteiger partial charge >= 0.3 is 0 Å². The summed E-state index contributed by atoms with van der Waals surface area (Å²) in [4.78, 5) is 17.0. The van der Waals surface area contributed by atoms with Gasteiger partial charge in [-0.15, -0.1) is 0 Å². The SMILES string of the molecule is CO[C@@H]1CCC[C@H](C(=O)N[C@@H](Cc2ccsc2)c2cccnc2)C1. The molecule has 1 fully saturated rings. The maximum absolute atomic E-state index is 12.8. The number of hydrogen-bond donors (Lipinski definition) is 1. The molecule has 0 radical (unpaired) electrons. The second-order valence-electron chi connectivity index (χ2n) is 6.40. The fourth-order valence-electron chi connectivity index (χ4n) is 3.37. The summed E-state index contributed by atoms with van der Waals surface area (Å²) in [5, 5.41) is 7.46. The average Bonchev–Trinajstić information content (AvgIpc) is 3.15. The summed E-state index contributed by atoms with van der Waals surface area (Å²) >= 11 is 1.68. The van der Waals surface area contributed by atoms with E-state index in [4.69, 9.17) is 4.74 Å². The first-order chi connectivity index (χ1) is 11.8. The molecular weight excluding hydrogens is 320 g/mol. The van der Waals surface area contributed by atoms with Crippen LogP contribution in [0.2, 0.25) is 0 Å². The molecule has 1 amide bonds. The molecule has 1 saturated carbocycles. The molecule has 0 saturated heterocycles. The predicted octanol–water partition coefficient (Wildman–Crippen LogP) is 3.75. The molecule has 2 heterocycles. The first kappa shape index (κ1) is 17.1. The minimum atomic E-state index is -0.0382. The zero-order valence-corrected chi connectivity index (χ0v) is 14.8. The Morgan fingerprint density at radius 2 is 2.38 bits per heavy atom. The number of methoxy groups -OCH3 is 1. The molecule has 0 spiro atoms. The van der Waals surface area contributed by atoms with Crippen molar-refractivity contribution in [3.8, 4) is 0 Å². The van der Waals surface area contributed by atoms with Crippen LogP contribution in [0.25, 0.3) is 0 Å². The van der Waals surface area contributed by atoms with E-state index in [1.807, 2.05) is 18.3 Å². The Balaban J connectivity index is 1.70. The van der Waals surface area contributed by atoms with Crippen molar-refractivity contribution in [2.45, 2.75) is 44.2 Å². The van der Waals surface area contributed by atoms with E-state index >= 15 is 0 Å². The molecule has 0 bridgehead atoms. The van der Waals surface area contributed by atoms with Crippen LogP contribution in [0.3, 0.4) is 0 Å². The molecule has 24 heavy (non-hydrogen) atoms. The minimum Gasteiger partial charge on any atom is -0.381 e. The highest BCUT2D eigenvalue weighted by Gasteiger charge is 2.28. The average molecular weight is 344 g/mol. The van der Waals surface area contributed by atoms with Crippen LogP contribution in [0.4, 0.5) is 0 Å². The first-order valence-corrected chi connectivity index (χ1v) is 9.44. The van der Waals surface area contributed by atoms with E-state index in [1.54, 1.807) is 24.6 Å². The Hall–Kier alpha value is -1.72. The molecule has 0 unspecified atom stereocenters. The molecule has 4 nitrogen and oxygen atoms in total. The first-order valence-electron chi connectivity index (χ1n) is 8.50. The number of aromatic nitrogens is 1. The van der Waals surface area contributed by atoms with Crippen LogP contribution >= 0.6 is 11.3 Å². The standard InChI is InChI=1S/C19H24N2O2S/c1-23-17-6-2-4-15(11-17)19(22)21-18(10-14-7-9-24-13-14)16-5-3-8-20-12-16/h3,5,7-9,12-13,15,17-18H,2,4,6,10-11H2,1H3,(H,21,22)/t15-,17+,18-/m0/s1. The molecule has 1 aliphatic carbocycles. The van der Waals surface area contributed by atoms with Crippen molar-refractivity contribution in [1.82, 2.24) is 10.3 Å². The van der Waals surface area contributed by atoms with E-state index in [0.717, 1.165) is 37.7 Å². The van der Waals surface area contributed by atoms with Gasteiger partial charge in [0.25, 0.3) is 0 Å². The number of rotatable bonds is 6. The van der Waals surface area contributed by atoms with Crippen LogP contribution in [0.5, 0.6) is 0 Å². The van der Waals surface area contributed by atoms with Crippen LogP contribution in [-0.4, -0.2) is 24.1 Å². The third kappa shape index (κ3) is 4.42. The van der Waals surface area contributed by atoms with Gasteiger partial charge in [-0.2, -0.15) is 11.3 Å². The van der Waals surface area contributed by atoms with E-state index in [9.17, 15) is 4.79 Å². The molecule has 128 valence electrons. The zero-order valence-electron chi connectivity index (χ0n) is 14.0. The van der Waals surface area contributed by atoms with E-state index in [-0.39, 0.29) is 24.0 Å². The molecule has 2 aromatic rings. The Kier molecular flexibility index (Phi) is 5.99. The Labute approximate surface area is 147 Å². The summed E-state index contributed by atoms with van der Waals surface area (Å²) in [6, 6.07) is 6.03. The van der Waals surface area contributed by atoms with Gasteiger partial charge in [-0.3, -0.25) is 9.78 Å². The largest absolute Gasteiger partial charge is 0.381 e. The maximum Gasteiger partial charge on any atom is 0.223 e. The number of pyridine rings is 1. The fraction of sp³-hybridized carbons (Fsp3) is 0.474. The molecule has 0 aliphatic heterocycles. The monoisotopic (exact) mass is 344 g/mol. The summed E-state index contributed by atoms with van der Waals surface area (Å²) in [5.41, 5.74) is 2.30. The highest BCUT2D eigenvalue weighted by molar-refractivity contribution is 7.07. The number of ether oxygens (including phenoxy) is 1. The van der Waals surface area contributed by atoms with Gasteiger partial charge in [0.1, 0.15) is 0 Å². The van der Waals surface area contributed by atoms with Crippen molar-refractivity contribution < 1.29 is 9.53 Å². The Morgan fingerprint density at radius 1 is 1.46 bits per heavy atom. The van der Waals surface area contributed by atoms with Gasteiger partial charge in [0, 0.05) is 25.4 Å². The minimum absolute atomic E-state index is 0.0382. The van der Waals surface area contributed by atoms with E-state index in [1.165, 1.54) is 5.56 Å². The van der Waals surface area contributed by atoms with E-state index in [2.05, 4.69) is 27.1 Å². The van der Waals surface area contributed by atoms with Crippen molar-refractivity contribution in [1.29, 1.82) is 0 Å². The van der Waals surface area contributed by atoms with Crippen molar-refractivity contribution in [2.75, 3.05) is 7.11 Å².